The highest BCUT2D eigenvalue weighted by molar-refractivity contribution is 7.47. The summed E-state index contributed by atoms with van der Waals surface area (Å²) in [6.07, 6.45) is 41.5. The summed E-state index contributed by atoms with van der Waals surface area (Å²) in [5, 5.41) is 8.87. The first kappa shape index (κ1) is 51.2. The average Bonchev–Trinajstić information content (AvgIpc) is 3.14. The van der Waals surface area contributed by atoms with E-state index in [0.29, 0.717) is 12.8 Å². The van der Waals surface area contributed by atoms with Crippen LogP contribution < -0.4 is 5.73 Å². The van der Waals surface area contributed by atoms with Gasteiger partial charge in [0.1, 0.15) is 12.6 Å². The number of unbranched alkanes of at least 4 members (excludes halogenated alkanes) is 13. The predicted molar refractivity (Wildman–Crippen MR) is 217 cm³/mol. The number of phosphoric ester groups is 1. The zero-order valence-corrected chi connectivity index (χ0v) is 34.2. The number of phosphoric acid groups is 1. The standard InChI is InChI=1S/C42H72NO10P/c1-3-5-7-9-11-13-15-17-19-21-23-25-27-29-31-33-40(44)50-35-38(36-51-54(48,49)52-37-39(43)42(46)47)53-41(45)34-32-30-28-26-24-22-20-18-16-14-12-10-8-6-4-2/h6,8-9,11-12,14,18,20,24,26,38-39H,3-5,7,10,13,15-17,19,21-23,25,27-37,43H2,1-2H3,(H,46,47)(H,48,49)/b8-6+,11-9+,14-12+,20-18+,26-24+/t38-,39+/m1/s1. The van der Waals surface area contributed by atoms with Gasteiger partial charge in [-0.3, -0.25) is 23.4 Å². The molecule has 0 aliphatic heterocycles. The van der Waals surface area contributed by atoms with E-state index < -0.39 is 51.1 Å². The number of hydrogen-bond donors (Lipinski definition) is 3. The molecule has 4 N–H and O–H groups in total. The van der Waals surface area contributed by atoms with Crippen LogP contribution in [0.1, 0.15) is 155 Å². The van der Waals surface area contributed by atoms with Gasteiger partial charge < -0.3 is 25.2 Å². The van der Waals surface area contributed by atoms with E-state index >= 15 is 0 Å². The number of esters is 2. The van der Waals surface area contributed by atoms with Gasteiger partial charge in [-0.05, 0) is 70.6 Å². The molecule has 0 radical (unpaired) electrons. The Morgan fingerprint density at radius 2 is 1.04 bits per heavy atom. The van der Waals surface area contributed by atoms with E-state index in [1.54, 1.807) is 0 Å². The quantitative estimate of drug-likeness (QED) is 0.0237. The van der Waals surface area contributed by atoms with E-state index in [1.165, 1.54) is 57.8 Å². The molecule has 54 heavy (non-hydrogen) atoms. The normalized spacial score (nSPS) is 14.4. The lowest BCUT2D eigenvalue weighted by Crippen LogP contribution is -2.34. The predicted octanol–water partition coefficient (Wildman–Crippen LogP) is 10.4. The lowest BCUT2D eigenvalue weighted by Gasteiger charge is -2.20. The highest BCUT2D eigenvalue weighted by atomic mass is 31.2. The zero-order chi connectivity index (χ0) is 40.0. The van der Waals surface area contributed by atoms with Crippen LogP contribution in [0, 0.1) is 0 Å². The van der Waals surface area contributed by atoms with Crippen LogP contribution in [-0.4, -0.2) is 59.9 Å². The van der Waals surface area contributed by atoms with Crippen molar-refractivity contribution < 1.29 is 47.5 Å². The summed E-state index contributed by atoms with van der Waals surface area (Å²) in [6, 6.07) is -1.53. The molecule has 0 spiro atoms. The summed E-state index contributed by atoms with van der Waals surface area (Å²) in [4.78, 5) is 45.8. The molecule has 0 amide bonds. The fraction of sp³-hybridized carbons (Fsp3) is 0.690. The molecule has 3 atom stereocenters. The minimum absolute atomic E-state index is 0.106. The molecule has 0 aromatic carbocycles. The third kappa shape index (κ3) is 36.2. The van der Waals surface area contributed by atoms with E-state index in [1.807, 2.05) is 0 Å². The third-order valence-electron chi connectivity index (χ3n) is 8.25. The van der Waals surface area contributed by atoms with Gasteiger partial charge in [0.05, 0.1) is 13.2 Å². The van der Waals surface area contributed by atoms with Crippen molar-refractivity contribution in [2.24, 2.45) is 5.73 Å². The highest BCUT2D eigenvalue weighted by Gasteiger charge is 2.28. The molecule has 0 aromatic rings. The van der Waals surface area contributed by atoms with Gasteiger partial charge in [-0.1, -0.05) is 132 Å². The summed E-state index contributed by atoms with van der Waals surface area (Å²) in [5.41, 5.74) is 5.32. The summed E-state index contributed by atoms with van der Waals surface area (Å²) >= 11 is 0. The van der Waals surface area contributed by atoms with Crippen molar-refractivity contribution >= 4 is 25.7 Å². The average molecular weight is 782 g/mol. The molecule has 0 heterocycles. The van der Waals surface area contributed by atoms with Crippen LogP contribution in [0.15, 0.2) is 60.8 Å². The fourth-order valence-corrected chi connectivity index (χ4v) is 5.81. The number of rotatable bonds is 37. The van der Waals surface area contributed by atoms with E-state index in [0.717, 1.165) is 57.8 Å². The van der Waals surface area contributed by atoms with Crippen molar-refractivity contribution in [3.05, 3.63) is 60.8 Å². The number of carbonyl (C=O) groups is 3. The van der Waals surface area contributed by atoms with Crippen molar-refractivity contribution in [2.45, 2.75) is 167 Å². The van der Waals surface area contributed by atoms with Gasteiger partial charge in [0.2, 0.25) is 0 Å². The number of carbonyl (C=O) groups excluding carboxylic acids is 2. The largest absolute Gasteiger partial charge is 0.480 e. The number of aliphatic carboxylic acids is 1. The molecule has 0 bridgehead atoms. The molecular formula is C42H72NO10P. The molecule has 0 aliphatic rings. The first-order chi connectivity index (χ1) is 26.1. The van der Waals surface area contributed by atoms with E-state index in [-0.39, 0.29) is 19.4 Å². The zero-order valence-electron chi connectivity index (χ0n) is 33.3. The Labute approximate surface area is 326 Å². The summed E-state index contributed by atoms with van der Waals surface area (Å²) in [7, 11) is -4.73. The molecule has 1 unspecified atom stereocenters. The van der Waals surface area contributed by atoms with Gasteiger partial charge >= 0.3 is 25.7 Å². The molecule has 0 saturated carbocycles. The second-order valence-corrected chi connectivity index (χ2v) is 14.8. The van der Waals surface area contributed by atoms with Crippen LogP contribution in [-0.2, 0) is 37.5 Å². The minimum Gasteiger partial charge on any atom is -0.480 e. The van der Waals surface area contributed by atoms with Gasteiger partial charge in [-0.15, -0.1) is 0 Å². The summed E-state index contributed by atoms with van der Waals surface area (Å²) < 4.78 is 32.6. The first-order valence-corrected chi connectivity index (χ1v) is 21.8. The maximum atomic E-state index is 12.6. The number of carboxylic acids is 1. The number of nitrogens with two attached hydrogens (primary N) is 1. The van der Waals surface area contributed by atoms with E-state index in [2.05, 4.69) is 79.1 Å². The topological polar surface area (TPSA) is 172 Å². The molecule has 0 aliphatic carbocycles. The molecule has 0 saturated heterocycles. The molecule has 12 heteroatoms. The van der Waals surface area contributed by atoms with Gasteiger partial charge in [-0.2, -0.15) is 0 Å². The molecular weight excluding hydrogens is 709 g/mol. The van der Waals surface area contributed by atoms with Crippen LogP contribution in [0.4, 0.5) is 0 Å². The fourth-order valence-electron chi connectivity index (χ4n) is 5.04. The third-order valence-corrected chi connectivity index (χ3v) is 9.20. The van der Waals surface area contributed by atoms with Crippen LogP contribution >= 0.6 is 7.82 Å². The Morgan fingerprint density at radius 3 is 1.61 bits per heavy atom. The minimum atomic E-state index is -4.73. The SMILES string of the molecule is CC/C=C/C/C=C/C/C=C/C/C=C/CCCCC(=O)O[C@H](COC(=O)CCCCCCCCCCC/C=C/CCCC)COP(=O)(O)OC[C@H](N)C(=O)O. The van der Waals surface area contributed by atoms with Crippen molar-refractivity contribution in [3.63, 3.8) is 0 Å². The second-order valence-electron chi connectivity index (χ2n) is 13.4. The maximum Gasteiger partial charge on any atom is 0.472 e. The first-order valence-electron chi connectivity index (χ1n) is 20.3. The van der Waals surface area contributed by atoms with E-state index in [9.17, 15) is 23.8 Å². The Morgan fingerprint density at radius 1 is 0.593 bits per heavy atom. The lowest BCUT2D eigenvalue weighted by atomic mass is 10.1. The van der Waals surface area contributed by atoms with Crippen LogP contribution in [0.5, 0.6) is 0 Å². The van der Waals surface area contributed by atoms with Crippen LogP contribution in [0.25, 0.3) is 0 Å². The molecule has 0 fully saturated rings. The van der Waals surface area contributed by atoms with Crippen LogP contribution in [0.2, 0.25) is 0 Å². The van der Waals surface area contributed by atoms with Gasteiger partial charge in [0.25, 0.3) is 0 Å². The second kappa shape index (κ2) is 37.1. The molecule has 0 rings (SSSR count). The Hall–Kier alpha value is -2.82. The van der Waals surface area contributed by atoms with Crippen molar-refractivity contribution in [2.75, 3.05) is 19.8 Å². The van der Waals surface area contributed by atoms with Crippen molar-refractivity contribution in [1.29, 1.82) is 0 Å². The number of carboxylic acid groups (broad SMARTS) is 1. The number of ether oxygens (including phenoxy) is 2. The molecule has 310 valence electrons. The Kier molecular flexibility index (Phi) is 35.2. The van der Waals surface area contributed by atoms with Crippen molar-refractivity contribution in [1.82, 2.24) is 0 Å². The molecule has 0 aromatic heterocycles. The monoisotopic (exact) mass is 781 g/mol. The van der Waals surface area contributed by atoms with Gasteiger partial charge in [0, 0.05) is 12.8 Å². The summed E-state index contributed by atoms with van der Waals surface area (Å²) in [5.74, 6) is -2.44. The Balaban J connectivity index is 4.48. The lowest BCUT2D eigenvalue weighted by molar-refractivity contribution is -0.161. The molecule has 11 nitrogen and oxygen atoms in total. The van der Waals surface area contributed by atoms with Crippen molar-refractivity contribution in [3.8, 4) is 0 Å². The van der Waals surface area contributed by atoms with E-state index in [4.69, 9.17) is 24.8 Å². The van der Waals surface area contributed by atoms with Gasteiger partial charge in [-0.25, -0.2) is 4.57 Å². The Bertz CT molecular complexity index is 1150. The highest BCUT2D eigenvalue weighted by Crippen LogP contribution is 2.43. The summed E-state index contributed by atoms with van der Waals surface area (Å²) in [6.45, 7) is 2.59. The number of hydrogen-bond acceptors (Lipinski definition) is 9. The maximum absolute atomic E-state index is 12.6. The number of allylic oxidation sites excluding steroid dienone is 10. The van der Waals surface area contributed by atoms with Crippen LogP contribution in [0.3, 0.4) is 0 Å². The van der Waals surface area contributed by atoms with Gasteiger partial charge in [0.15, 0.2) is 6.10 Å². The smallest absolute Gasteiger partial charge is 0.472 e.